The van der Waals surface area contributed by atoms with Gasteiger partial charge in [-0.25, -0.2) is 4.57 Å². The molecule has 0 radical (unpaired) electrons. The van der Waals surface area contributed by atoms with Crippen LogP contribution in [0.15, 0.2) is 36.4 Å². The molecule has 8 heteroatoms. The van der Waals surface area contributed by atoms with Gasteiger partial charge in [-0.3, -0.25) is 4.79 Å². The fourth-order valence-corrected chi connectivity index (χ4v) is 2.97. The van der Waals surface area contributed by atoms with Crippen LogP contribution in [0.4, 0.5) is 5.82 Å². The smallest absolute Gasteiger partial charge is 0.323 e. The summed E-state index contributed by atoms with van der Waals surface area (Å²) in [4.78, 5) is 22.6. The Morgan fingerprint density at radius 2 is 2.12 bits per heavy atom. The van der Waals surface area contributed by atoms with Crippen molar-refractivity contribution in [1.29, 1.82) is 0 Å². The van der Waals surface area contributed by atoms with Crippen molar-refractivity contribution in [2.75, 3.05) is 13.1 Å². The first-order valence-corrected chi connectivity index (χ1v) is 7.47. The fourth-order valence-electron chi connectivity index (χ4n) is 2.97. The molecular weight excluding hydrogens is 332 g/mol. The van der Waals surface area contributed by atoms with Crippen molar-refractivity contribution in [2.45, 2.75) is 12.5 Å². The third-order valence-electron chi connectivity index (χ3n) is 4.20. The molecule has 3 rings (SSSR count). The molecule has 0 saturated carbocycles. The van der Waals surface area contributed by atoms with Gasteiger partial charge in [0, 0.05) is 18.7 Å². The van der Waals surface area contributed by atoms with Crippen molar-refractivity contribution in [3.8, 4) is 0 Å². The topological polar surface area (TPSA) is 89.2 Å². The molecule has 1 aliphatic rings. The Morgan fingerprint density at radius 1 is 1.38 bits per heavy atom. The Hall–Kier alpha value is -2.38. The predicted octanol–water partition coefficient (Wildman–Crippen LogP) is 1.97. The lowest BCUT2D eigenvalue weighted by molar-refractivity contribution is -0.391. The quantitative estimate of drug-likeness (QED) is 0.651. The summed E-state index contributed by atoms with van der Waals surface area (Å²) in [5.74, 6) is -0.415. The van der Waals surface area contributed by atoms with E-state index in [-0.39, 0.29) is 35.9 Å². The number of benzene rings is 1. The molecule has 1 unspecified atom stereocenters. The van der Waals surface area contributed by atoms with E-state index in [1.165, 1.54) is 34.9 Å². The molecule has 1 amide bonds. The number of aromatic nitrogens is 1. The third kappa shape index (κ3) is 3.42. The van der Waals surface area contributed by atoms with Crippen molar-refractivity contribution in [3.63, 3.8) is 0 Å². The number of hydrogen-bond acceptors (Lipinski definition) is 4. The molecule has 0 fully saturated rings. The van der Waals surface area contributed by atoms with Crippen LogP contribution in [0.5, 0.6) is 0 Å². The van der Waals surface area contributed by atoms with Gasteiger partial charge >= 0.3 is 5.82 Å². The van der Waals surface area contributed by atoms with E-state index in [1.807, 2.05) is 12.1 Å². The van der Waals surface area contributed by atoms with Gasteiger partial charge < -0.3 is 20.7 Å². The van der Waals surface area contributed by atoms with E-state index in [0.717, 1.165) is 13.0 Å². The minimum atomic E-state index is -0.504. The first kappa shape index (κ1) is 18.0. The molecule has 2 heterocycles. The van der Waals surface area contributed by atoms with Gasteiger partial charge in [-0.1, -0.05) is 24.3 Å². The van der Waals surface area contributed by atoms with E-state index >= 15 is 0 Å². The van der Waals surface area contributed by atoms with Crippen LogP contribution in [0, 0.1) is 10.1 Å². The van der Waals surface area contributed by atoms with Gasteiger partial charge in [0.2, 0.25) is 0 Å². The number of nitro groups is 1. The minimum Gasteiger partial charge on any atom is -0.358 e. The van der Waals surface area contributed by atoms with Gasteiger partial charge in [-0.15, -0.1) is 12.4 Å². The summed E-state index contributed by atoms with van der Waals surface area (Å²) in [6.07, 6.45) is 0.977. The molecule has 7 nitrogen and oxygen atoms in total. The summed E-state index contributed by atoms with van der Waals surface area (Å²) in [5.41, 5.74) is 2.76. The zero-order chi connectivity index (χ0) is 16.4. The van der Waals surface area contributed by atoms with Crippen LogP contribution in [-0.4, -0.2) is 28.5 Å². The summed E-state index contributed by atoms with van der Waals surface area (Å²) in [5, 5.41) is 17.1. The van der Waals surface area contributed by atoms with Gasteiger partial charge in [0.1, 0.15) is 0 Å². The lowest BCUT2D eigenvalue weighted by atomic mass is 9.94. The maximum absolute atomic E-state index is 12.3. The molecule has 2 aromatic rings. The standard InChI is InChI=1S/C16H18N4O3.ClH/c1-19-14(6-7-15(19)20(22)23)16(21)18-10-13-12-5-3-2-4-11(12)8-9-17-13;/h2-7,13,17H,8-10H2,1H3,(H,18,21);1H. The Morgan fingerprint density at radius 3 is 2.83 bits per heavy atom. The molecule has 2 N–H and O–H groups in total. The van der Waals surface area contributed by atoms with Crippen molar-refractivity contribution >= 4 is 24.1 Å². The maximum atomic E-state index is 12.3. The predicted molar refractivity (Wildman–Crippen MR) is 92.5 cm³/mol. The Bertz CT molecular complexity index is 760. The SMILES string of the molecule is Cl.Cn1c(C(=O)NCC2NCCc3ccccc32)ccc1[N+](=O)[O-]. The average molecular weight is 351 g/mol. The van der Waals surface area contributed by atoms with Crippen molar-refractivity contribution in [3.05, 3.63) is 63.3 Å². The largest absolute Gasteiger partial charge is 0.358 e. The van der Waals surface area contributed by atoms with Crippen molar-refractivity contribution in [2.24, 2.45) is 7.05 Å². The summed E-state index contributed by atoms with van der Waals surface area (Å²) in [6, 6.07) is 11.0. The molecule has 128 valence electrons. The van der Waals surface area contributed by atoms with Crippen LogP contribution in [0.1, 0.15) is 27.7 Å². The van der Waals surface area contributed by atoms with Crippen LogP contribution in [0.2, 0.25) is 0 Å². The first-order valence-electron chi connectivity index (χ1n) is 7.47. The number of carbonyl (C=O) groups is 1. The van der Waals surface area contributed by atoms with Crippen LogP contribution in [0.25, 0.3) is 0 Å². The molecule has 0 saturated heterocycles. The fraction of sp³-hybridized carbons (Fsp3) is 0.312. The number of nitrogens with zero attached hydrogens (tertiary/aromatic N) is 2. The van der Waals surface area contributed by atoms with Crippen LogP contribution in [-0.2, 0) is 13.5 Å². The van der Waals surface area contributed by atoms with Crippen molar-refractivity contribution in [1.82, 2.24) is 15.2 Å². The summed E-state index contributed by atoms with van der Waals surface area (Å²) in [6.45, 7) is 1.31. The highest BCUT2D eigenvalue weighted by Gasteiger charge is 2.23. The molecule has 24 heavy (non-hydrogen) atoms. The third-order valence-corrected chi connectivity index (χ3v) is 4.20. The highest BCUT2D eigenvalue weighted by Crippen LogP contribution is 2.22. The molecule has 0 bridgehead atoms. The van der Waals surface area contributed by atoms with E-state index in [1.54, 1.807) is 0 Å². The van der Waals surface area contributed by atoms with Gasteiger partial charge in [0.05, 0.1) is 7.05 Å². The zero-order valence-electron chi connectivity index (χ0n) is 13.2. The number of fused-ring (bicyclic) bond motifs is 1. The summed E-state index contributed by atoms with van der Waals surface area (Å²) in [7, 11) is 1.52. The molecule has 1 aliphatic heterocycles. The molecule has 1 atom stereocenters. The average Bonchev–Trinajstić information content (AvgIpc) is 2.94. The van der Waals surface area contributed by atoms with E-state index in [0.29, 0.717) is 6.54 Å². The highest BCUT2D eigenvalue weighted by molar-refractivity contribution is 5.93. The summed E-state index contributed by atoms with van der Waals surface area (Å²) < 4.78 is 1.29. The van der Waals surface area contributed by atoms with Gasteiger partial charge in [0.15, 0.2) is 5.69 Å². The van der Waals surface area contributed by atoms with E-state index in [2.05, 4.69) is 22.8 Å². The van der Waals surface area contributed by atoms with Gasteiger partial charge in [-0.05, 0) is 35.1 Å². The molecule has 1 aromatic heterocycles. The lowest BCUT2D eigenvalue weighted by Gasteiger charge is -2.27. The van der Waals surface area contributed by atoms with E-state index < -0.39 is 4.92 Å². The van der Waals surface area contributed by atoms with Crippen LogP contribution >= 0.6 is 12.4 Å². The number of nitrogens with one attached hydrogen (secondary N) is 2. The second-order valence-electron chi connectivity index (χ2n) is 5.56. The van der Waals surface area contributed by atoms with Crippen molar-refractivity contribution < 1.29 is 9.72 Å². The van der Waals surface area contributed by atoms with E-state index in [4.69, 9.17) is 0 Å². The highest BCUT2D eigenvalue weighted by atomic mass is 35.5. The minimum absolute atomic E-state index is 0. The van der Waals surface area contributed by atoms with Gasteiger partial charge in [-0.2, -0.15) is 0 Å². The number of hydrogen-bond donors (Lipinski definition) is 2. The normalized spacial score (nSPS) is 16.0. The lowest BCUT2D eigenvalue weighted by Crippen LogP contribution is -2.39. The number of rotatable bonds is 4. The number of carbonyl (C=O) groups excluding carboxylic acids is 1. The molecule has 1 aromatic carbocycles. The second-order valence-corrected chi connectivity index (χ2v) is 5.56. The maximum Gasteiger partial charge on any atom is 0.323 e. The molecule has 0 aliphatic carbocycles. The Labute approximate surface area is 145 Å². The zero-order valence-corrected chi connectivity index (χ0v) is 14.0. The molecule has 0 spiro atoms. The summed E-state index contributed by atoms with van der Waals surface area (Å²) >= 11 is 0. The monoisotopic (exact) mass is 350 g/mol. The second kappa shape index (κ2) is 7.46. The van der Waals surface area contributed by atoms with Crippen LogP contribution in [0.3, 0.4) is 0 Å². The van der Waals surface area contributed by atoms with E-state index in [9.17, 15) is 14.9 Å². The Kier molecular flexibility index (Phi) is 5.58. The van der Waals surface area contributed by atoms with Gasteiger partial charge in [0.25, 0.3) is 5.91 Å². The molecular formula is C16H19ClN4O3. The number of halogens is 1. The van der Waals surface area contributed by atoms with Crippen LogP contribution < -0.4 is 10.6 Å². The first-order chi connectivity index (χ1) is 11.1. The number of amides is 1. The Balaban J connectivity index is 0.00000208.